The highest BCUT2D eigenvalue weighted by Gasteiger charge is 2.21. The number of nitrogens with one attached hydrogen (secondary N) is 1. The molecule has 158 valence electrons. The third-order valence-corrected chi connectivity index (χ3v) is 5.56. The number of carboxylic acid groups (broad SMARTS) is 1. The van der Waals surface area contributed by atoms with Crippen LogP contribution in [-0.4, -0.2) is 17.0 Å². The normalized spacial score (nSPS) is 12.1. The first-order valence-corrected chi connectivity index (χ1v) is 10.9. The molecule has 0 saturated heterocycles. The highest BCUT2D eigenvalue weighted by Crippen LogP contribution is 2.27. The van der Waals surface area contributed by atoms with E-state index in [1.54, 1.807) is 24.3 Å². The molecule has 31 heavy (non-hydrogen) atoms. The van der Waals surface area contributed by atoms with Gasteiger partial charge in [0.2, 0.25) is 5.91 Å². The summed E-state index contributed by atoms with van der Waals surface area (Å²) in [6.45, 7) is 1.90. The van der Waals surface area contributed by atoms with Crippen molar-refractivity contribution in [2.75, 3.05) is 0 Å². The lowest BCUT2D eigenvalue weighted by Gasteiger charge is -2.15. The van der Waals surface area contributed by atoms with E-state index in [0.717, 1.165) is 14.9 Å². The van der Waals surface area contributed by atoms with Gasteiger partial charge in [0.25, 0.3) is 0 Å². The van der Waals surface area contributed by atoms with Crippen LogP contribution in [0.5, 0.6) is 11.5 Å². The average molecular weight is 527 g/mol. The summed E-state index contributed by atoms with van der Waals surface area (Å²) in [6, 6.07) is 24.0. The Morgan fingerprint density at radius 3 is 2.26 bits per heavy atom. The largest absolute Gasteiger partial charge is 0.477 e. The zero-order valence-electron chi connectivity index (χ0n) is 16.9. The van der Waals surface area contributed by atoms with Crippen molar-refractivity contribution in [3.8, 4) is 11.5 Å². The predicted molar refractivity (Wildman–Crippen MR) is 129 cm³/mol. The van der Waals surface area contributed by atoms with Gasteiger partial charge in [0, 0.05) is 0 Å². The Kier molecular flexibility index (Phi) is 7.83. The van der Waals surface area contributed by atoms with Gasteiger partial charge in [0.05, 0.1) is 9.49 Å². The van der Waals surface area contributed by atoms with Crippen LogP contribution >= 0.6 is 22.6 Å². The third kappa shape index (κ3) is 6.18. The first kappa shape index (κ1) is 22.6. The molecule has 5 nitrogen and oxygen atoms in total. The van der Waals surface area contributed by atoms with Crippen molar-refractivity contribution in [3.05, 3.63) is 99.3 Å². The number of benzene rings is 3. The molecule has 0 aliphatic rings. The van der Waals surface area contributed by atoms with E-state index in [4.69, 9.17) is 4.74 Å². The zero-order valence-corrected chi connectivity index (χ0v) is 19.1. The molecule has 0 radical (unpaired) electrons. The van der Waals surface area contributed by atoms with Crippen LogP contribution in [0, 0.1) is 3.57 Å². The van der Waals surface area contributed by atoms with Crippen molar-refractivity contribution >= 4 is 40.5 Å². The Hall–Kier alpha value is -3.13. The van der Waals surface area contributed by atoms with Crippen molar-refractivity contribution in [1.29, 1.82) is 0 Å². The molecule has 3 aromatic rings. The molecular formula is C25H22INO4. The summed E-state index contributed by atoms with van der Waals surface area (Å²) in [4.78, 5) is 24.5. The van der Waals surface area contributed by atoms with Gasteiger partial charge >= 0.3 is 5.97 Å². The molecule has 0 spiro atoms. The van der Waals surface area contributed by atoms with Crippen molar-refractivity contribution < 1.29 is 19.4 Å². The molecule has 1 unspecified atom stereocenters. The van der Waals surface area contributed by atoms with E-state index in [0.29, 0.717) is 17.7 Å². The van der Waals surface area contributed by atoms with Gasteiger partial charge in [-0.05, 0) is 70.5 Å². The highest BCUT2D eigenvalue weighted by atomic mass is 127. The lowest BCUT2D eigenvalue weighted by Crippen LogP contribution is -2.31. The molecule has 1 atom stereocenters. The molecule has 6 heteroatoms. The van der Waals surface area contributed by atoms with Crippen LogP contribution in [0.4, 0.5) is 0 Å². The number of carbonyl (C=O) groups excluding carboxylic acids is 1. The highest BCUT2D eigenvalue weighted by molar-refractivity contribution is 14.1. The lowest BCUT2D eigenvalue weighted by atomic mass is 9.95. The second-order valence-electron chi connectivity index (χ2n) is 6.83. The van der Waals surface area contributed by atoms with Crippen LogP contribution in [0.2, 0.25) is 0 Å². The summed E-state index contributed by atoms with van der Waals surface area (Å²) in [5.41, 5.74) is 1.32. The van der Waals surface area contributed by atoms with E-state index < -0.39 is 11.9 Å². The van der Waals surface area contributed by atoms with Crippen LogP contribution in [0.1, 0.15) is 30.4 Å². The Labute approximate surface area is 194 Å². The first-order chi connectivity index (χ1) is 15.0. The second-order valence-corrected chi connectivity index (χ2v) is 7.99. The van der Waals surface area contributed by atoms with Gasteiger partial charge in [-0.3, -0.25) is 4.79 Å². The molecule has 0 bridgehead atoms. The minimum Gasteiger partial charge on any atom is -0.477 e. The number of aliphatic carboxylic acids is 1. The van der Waals surface area contributed by atoms with Crippen molar-refractivity contribution in [2.24, 2.45) is 0 Å². The molecule has 0 fully saturated rings. The van der Waals surface area contributed by atoms with Gasteiger partial charge in [-0.1, -0.05) is 61.5 Å². The van der Waals surface area contributed by atoms with Gasteiger partial charge in [0.1, 0.15) is 17.2 Å². The van der Waals surface area contributed by atoms with Crippen LogP contribution in [0.3, 0.4) is 0 Å². The summed E-state index contributed by atoms with van der Waals surface area (Å²) in [6.07, 6.45) is 2.00. The molecule has 1 amide bonds. The lowest BCUT2D eigenvalue weighted by molar-refractivity contribution is -0.134. The fraction of sp³-hybridized carbons (Fsp3) is 0.120. The number of halogens is 1. The maximum absolute atomic E-state index is 12.7. The fourth-order valence-corrected chi connectivity index (χ4v) is 3.58. The second kappa shape index (κ2) is 10.8. The summed E-state index contributed by atoms with van der Waals surface area (Å²) in [5, 5.41) is 12.1. The number of amides is 1. The molecule has 0 aliphatic carbocycles. The van der Waals surface area contributed by atoms with Gasteiger partial charge < -0.3 is 15.2 Å². The Morgan fingerprint density at radius 1 is 1.00 bits per heavy atom. The standard InChI is InChI=1S/C25H22INO4/c1-2-20(18-8-4-3-5-9-18)24(28)27-22(25(29)30)16-17-12-14-19(15-13-17)31-23-11-7-6-10-21(23)26/h3-16,20H,2H2,1H3,(H,27,28)(H,29,30)/b22-16-. The van der Waals surface area contributed by atoms with Crippen molar-refractivity contribution in [1.82, 2.24) is 5.32 Å². The molecule has 0 heterocycles. The van der Waals surface area contributed by atoms with Crippen molar-refractivity contribution in [2.45, 2.75) is 19.3 Å². The Balaban J connectivity index is 1.75. The maximum Gasteiger partial charge on any atom is 0.352 e. The van der Waals surface area contributed by atoms with Crippen LogP contribution < -0.4 is 10.1 Å². The molecule has 2 N–H and O–H groups in total. The summed E-state index contributed by atoms with van der Waals surface area (Å²) < 4.78 is 6.85. The van der Waals surface area contributed by atoms with E-state index in [-0.39, 0.29) is 11.6 Å². The minimum atomic E-state index is -1.20. The van der Waals surface area contributed by atoms with E-state index in [2.05, 4.69) is 27.9 Å². The van der Waals surface area contributed by atoms with Gasteiger partial charge in [-0.25, -0.2) is 4.79 Å². The summed E-state index contributed by atoms with van der Waals surface area (Å²) in [7, 11) is 0. The summed E-state index contributed by atoms with van der Waals surface area (Å²) in [5.74, 6) is -0.585. The SMILES string of the molecule is CCC(C(=O)N/C(=C\c1ccc(Oc2ccccc2I)cc1)C(=O)O)c1ccccc1. The number of para-hydroxylation sites is 1. The van der Waals surface area contributed by atoms with Crippen LogP contribution in [0.15, 0.2) is 84.6 Å². The van der Waals surface area contributed by atoms with Gasteiger partial charge in [0.15, 0.2) is 0 Å². The molecule has 0 saturated carbocycles. The number of rotatable bonds is 8. The zero-order chi connectivity index (χ0) is 22.2. The quantitative estimate of drug-likeness (QED) is 0.286. The maximum atomic E-state index is 12.7. The van der Waals surface area contributed by atoms with E-state index in [1.165, 1.54) is 6.08 Å². The number of carbonyl (C=O) groups is 2. The molecule has 3 aromatic carbocycles. The molecule has 3 rings (SSSR count). The smallest absolute Gasteiger partial charge is 0.352 e. The first-order valence-electron chi connectivity index (χ1n) is 9.81. The minimum absolute atomic E-state index is 0.175. The van der Waals surface area contributed by atoms with E-state index in [9.17, 15) is 14.7 Å². The monoisotopic (exact) mass is 527 g/mol. The molecule has 0 aliphatic heterocycles. The topological polar surface area (TPSA) is 75.6 Å². The van der Waals surface area contributed by atoms with Crippen LogP contribution in [0.25, 0.3) is 6.08 Å². The molecule has 0 aromatic heterocycles. The van der Waals surface area contributed by atoms with E-state index >= 15 is 0 Å². The number of ether oxygens (including phenoxy) is 1. The van der Waals surface area contributed by atoms with Gasteiger partial charge in [-0.2, -0.15) is 0 Å². The summed E-state index contributed by atoms with van der Waals surface area (Å²) >= 11 is 2.20. The number of carboxylic acids is 1. The van der Waals surface area contributed by atoms with E-state index in [1.807, 2.05) is 61.5 Å². The third-order valence-electron chi connectivity index (χ3n) is 4.67. The average Bonchev–Trinajstić information content (AvgIpc) is 2.77. The predicted octanol–water partition coefficient (Wildman–Crippen LogP) is 5.82. The van der Waals surface area contributed by atoms with Crippen LogP contribution in [-0.2, 0) is 9.59 Å². The van der Waals surface area contributed by atoms with Gasteiger partial charge in [-0.15, -0.1) is 0 Å². The molecular weight excluding hydrogens is 505 g/mol. The number of hydrogen-bond acceptors (Lipinski definition) is 3. The fourth-order valence-electron chi connectivity index (χ4n) is 3.08. The Bertz CT molecular complexity index is 1080. The Morgan fingerprint density at radius 2 is 1.65 bits per heavy atom. The number of hydrogen-bond donors (Lipinski definition) is 2. The van der Waals surface area contributed by atoms with Crippen molar-refractivity contribution in [3.63, 3.8) is 0 Å².